The van der Waals surface area contributed by atoms with Crippen molar-refractivity contribution in [3.63, 3.8) is 0 Å². The molecule has 0 spiro atoms. The summed E-state index contributed by atoms with van der Waals surface area (Å²) in [6, 6.07) is 1.59. The van der Waals surface area contributed by atoms with Gasteiger partial charge in [0.15, 0.2) is 0 Å². The van der Waals surface area contributed by atoms with Crippen LogP contribution in [0, 0.1) is 5.92 Å². The van der Waals surface area contributed by atoms with Gasteiger partial charge in [-0.3, -0.25) is 0 Å². The maximum absolute atomic E-state index is 3.66. The summed E-state index contributed by atoms with van der Waals surface area (Å²) in [6.45, 7) is 6.91. The average molecular weight is 169 g/mol. The first kappa shape index (κ1) is 10.0. The fourth-order valence-electron chi connectivity index (χ4n) is 1.70. The van der Waals surface area contributed by atoms with Crippen molar-refractivity contribution in [1.82, 2.24) is 5.32 Å². The summed E-state index contributed by atoms with van der Waals surface area (Å²) >= 11 is 0. The number of rotatable bonds is 6. The Morgan fingerprint density at radius 1 is 1.42 bits per heavy atom. The smallest absolute Gasteiger partial charge is 0.00988 e. The molecule has 0 aromatic rings. The van der Waals surface area contributed by atoms with Gasteiger partial charge in [-0.05, 0) is 25.7 Å². The molecule has 0 aromatic heterocycles. The van der Waals surface area contributed by atoms with Gasteiger partial charge in [0.25, 0.3) is 0 Å². The van der Waals surface area contributed by atoms with Crippen molar-refractivity contribution in [3.8, 4) is 0 Å². The van der Waals surface area contributed by atoms with Crippen molar-refractivity contribution in [2.45, 2.75) is 65.0 Å². The lowest BCUT2D eigenvalue weighted by Gasteiger charge is -2.12. The largest absolute Gasteiger partial charge is 0.311 e. The lowest BCUT2D eigenvalue weighted by Crippen LogP contribution is -2.28. The maximum atomic E-state index is 3.66. The Morgan fingerprint density at radius 3 is 2.58 bits per heavy atom. The number of unbranched alkanes of at least 4 members (excludes halogenated alkanes) is 2. The van der Waals surface area contributed by atoms with E-state index >= 15 is 0 Å². The molecule has 3 atom stereocenters. The van der Waals surface area contributed by atoms with Gasteiger partial charge in [0.1, 0.15) is 0 Å². The number of hydrogen-bond acceptors (Lipinski definition) is 1. The molecule has 0 heterocycles. The van der Waals surface area contributed by atoms with Gasteiger partial charge in [0, 0.05) is 12.1 Å². The van der Waals surface area contributed by atoms with E-state index < -0.39 is 0 Å². The first-order valence-electron chi connectivity index (χ1n) is 5.50. The lowest BCUT2D eigenvalue weighted by molar-refractivity contribution is 0.476. The van der Waals surface area contributed by atoms with Crippen molar-refractivity contribution in [1.29, 1.82) is 0 Å². The highest BCUT2D eigenvalue weighted by Gasteiger charge is 2.32. The standard InChI is InChI=1S/C11H23N/c1-4-5-6-7-10(3)12-11-8-9(11)2/h9-12H,4-8H2,1-3H3. The lowest BCUT2D eigenvalue weighted by atomic mass is 10.1. The Morgan fingerprint density at radius 2 is 2.08 bits per heavy atom. The molecule has 0 aromatic carbocycles. The minimum atomic E-state index is 0.742. The molecule has 12 heavy (non-hydrogen) atoms. The van der Waals surface area contributed by atoms with Crippen LogP contribution in [-0.4, -0.2) is 12.1 Å². The van der Waals surface area contributed by atoms with Gasteiger partial charge >= 0.3 is 0 Å². The van der Waals surface area contributed by atoms with E-state index in [1.807, 2.05) is 0 Å². The summed E-state index contributed by atoms with van der Waals surface area (Å²) in [6.07, 6.45) is 6.89. The third-order valence-corrected chi connectivity index (χ3v) is 2.85. The van der Waals surface area contributed by atoms with Crippen LogP contribution in [0.25, 0.3) is 0 Å². The Kier molecular flexibility index (Phi) is 4.07. The van der Waals surface area contributed by atoms with E-state index in [0.717, 1.165) is 18.0 Å². The highest BCUT2D eigenvalue weighted by atomic mass is 15.0. The van der Waals surface area contributed by atoms with Gasteiger partial charge in [-0.15, -0.1) is 0 Å². The van der Waals surface area contributed by atoms with E-state index in [1.165, 1.54) is 32.1 Å². The normalized spacial score (nSPS) is 30.2. The van der Waals surface area contributed by atoms with Crippen LogP contribution in [0.4, 0.5) is 0 Å². The second-order valence-electron chi connectivity index (χ2n) is 4.38. The fraction of sp³-hybridized carbons (Fsp3) is 1.00. The summed E-state index contributed by atoms with van der Waals surface area (Å²) < 4.78 is 0. The van der Waals surface area contributed by atoms with E-state index in [0.29, 0.717) is 0 Å². The minimum absolute atomic E-state index is 0.742. The summed E-state index contributed by atoms with van der Waals surface area (Å²) in [5, 5.41) is 3.66. The van der Waals surface area contributed by atoms with Crippen LogP contribution < -0.4 is 5.32 Å². The van der Waals surface area contributed by atoms with Gasteiger partial charge in [-0.25, -0.2) is 0 Å². The van der Waals surface area contributed by atoms with Crippen molar-refractivity contribution in [2.75, 3.05) is 0 Å². The number of nitrogens with one attached hydrogen (secondary N) is 1. The summed E-state index contributed by atoms with van der Waals surface area (Å²) in [5.74, 6) is 0.943. The van der Waals surface area contributed by atoms with Gasteiger partial charge in [0.2, 0.25) is 0 Å². The molecule has 3 unspecified atom stereocenters. The predicted octanol–water partition coefficient (Wildman–Crippen LogP) is 2.95. The second kappa shape index (κ2) is 4.86. The van der Waals surface area contributed by atoms with Gasteiger partial charge in [-0.1, -0.05) is 33.1 Å². The molecular formula is C11H23N. The molecule has 1 aliphatic carbocycles. The van der Waals surface area contributed by atoms with Gasteiger partial charge < -0.3 is 5.32 Å². The highest BCUT2D eigenvalue weighted by molar-refractivity contribution is 4.90. The zero-order valence-electron chi connectivity index (χ0n) is 8.77. The Balaban J connectivity index is 1.93. The first-order chi connectivity index (χ1) is 5.74. The molecule has 1 heteroatoms. The Bertz CT molecular complexity index is 122. The molecule has 1 fully saturated rings. The van der Waals surface area contributed by atoms with Crippen molar-refractivity contribution in [2.24, 2.45) is 5.92 Å². The zero-order chi connectivity index (χ0) is 8.97. The molecule has 72 valence electrons. The number of hydrogen-bond donors (Lipinski definition) is 1. The van der Waals surface area contributed by atoms with Gasteiger partial charge in [0.05, 0.1) is 0 Å². The van der Waals surface area contributed by atoms with Crippen LogP contribution >= 0.6 is 0 Å². The second-order valence-corrected chi connectivity index (χ2v) is 4.38. The Hall–Kier alpha value is -0.0400. The molecule has 0 aliphatic heterocycles. The molecule has 0 saturated heterocycles. The highest BCUT2D eigenvalue weighted by Crippen LogP contribution is 2.29. The molecule has 1 nitrogen and oxygen atoms in total. The molecule has 0 bridgehead atoms. The van der Waals surface area contributed by atoms with E-state index in [2.05, 4.69) is 26.1 Å². The van der Waals surface area contributed by atoms with Gasteiger partial charge in [-0.2, -0.15) is 0 Å². The minimum Gasteiger partial charge on any atom is -0.311 e. The fourth-order valence-corrected chi connectivity index (χ4v) is 1.70. The van der Waals surface area contributed by atoms with E-state index in [9.17, 15) is 0 Å². The van der Waals surface area contributed by atoms with Crippen molar-refractivity contribution < 1.29 is 0 Å². The summed E-state index contributed by atoms with van der Waals surface area (Å²) in [7, 11) is 0. The molecular weight excluding hydrogens is 146 g/mol. The first-order valence-corrected chi connectivity index (χ1v) is 5.50. The topological polar surface area (TPSA) is 12.0 Å². The summed E-state index contributed by atoms with van der Waals surface area (Å²) in [5.41, 5.74) is 0. The molecule has 1 aliphatic rings. The molecule has 0 radical (unpaired) electrons. The van der Waals surface area contributed by atoms with E-state index in [1.54, 1.807) is 0 Å². The maximum Gasteiger partial charge on any atom is 0.00988 e. The monoisotopic (exact) mass is 169 g/mol. The zero-order valence-corrected chi connectivity index (χ0v) is 8.77. The molecule has 1 rings (SSSR count). The third kappa shape index (κ3) is 3.57. The third-order valence-electron chi connectivity index (χ3n) is 2.85. The van der Waals surface area contributed by atoms with Crippen LogP contribution in [0.5, 0.6) is 0 Å². The quantitative estimate of drug-likeness (QED) is 0.603. The summed E-state index contributed by atoms with van der Waals surface area (Å²) in [4.78, 5) is 0. The SMILES string of the molecule is CCCCCC(C)NC1CC1C. The molecule has 1 saturated carbocycles. The van der Waals surface area contributed by atoms with Crippen molar-refractivity contribution in [3.05, 3.63) is 0 Å². The van der Waals surface area contributed by atoms with Crippen LogP contribution in [0.3, 0.4) is 0 Å². The van der Waals surface area contributed by atoms with Crippen LogP contribution in [-0.2, 0) is 0 Å². The molecule has 1 N–H and O–H groups in total. The molecule has 0 amide bonds. The van der Waals surface area contributed by atoms with E-state index in [4.69, 9.17) is 0 Å². The average Bonchev–Trinajstić information content (AvgIpc) is 2.67. The van der Waals surface area contributed by atoms with Crippen LogP contribution in [0.1, 0.15) is 52.9 Å². The van der Waals surface area contributed by atoms with Crippen molar-refractivity contribution >= 4 is 0 Å². The van der Waals surface area contributed by atoms with Crippen LogP contribution in [0.15, 0.2) is 0 Å². The van der Waals surface area contributed by atoms with E-state index in [-0.39, 0.29) is 0 Å². The predicted molar refractivity (Wildman–Crippen MR) is 54.3 cm³/mol. The van der Waals surface area contributed by atoms with Crippen LogP contribution in [0.2, 0.25) is 0 Å². The Labute approximate surface area is 76.9 Å².